The number of hydrogen-bond donors (Lipinski definition) is 0. The molecule has 2 aromatic carbocycles. The van der Waals surface area contributed by atoms with E-state index in [1.165, 1.54) is 16.5 Å². The molecule has 16 heavy (non-hydrogen) atoms. The van der Waals surface area contributed by atoms with E-state index >= 15 is 0 Å². The first-order valence-corrected chi connectivity index (χ1v) is 5.38. The summed E-state index contributed by atoms with van der Waals surface area (Å²) >= 11 is 0. The van der Waals surface area contributed by atoms with Gasteiger partial charge in [-0.3, -0.25) is 0 Å². The summed E-state index contributed by atoms with van der Waals surface area (Å²) in [6, 6.07) is 22.2. The van der Waals surface area contributed by atoms with E-state index in [1.807, 2.05) is 12.1 Å². The van der Waals surface area contributed by atoms with Gasteiger partial charge in [0.05, 0.1) is 5.69 Å². The third kappa shape index (κ3) is 1.33. The lowest BCUT2D eigenvalue weighted by molar-refractivity contribution is 0.977. The first kappa shape index (κ1) is 9.22. The van der Waals surface area contributed by atoms with Gasteiger partial charge in [0.25, 0.3) is 0 Å². The highest BCUT2D eigenvalue weighted by molar-refractivity contribution is 5.85. The average Bonchev–Trinajstić information content (AvgIpc) is 2.69. The van der Waals surface area contributed by atoms with Crippen LogP contribution in [-0.4, -0.2) is 4.57 Å². The van der Waals surface area contributed by atoms with E-state index in [-0.39, 0.29) is 0 Å². The molecule has 0 N–H and O–H groups in total. The molecule has 1 heterocycles. The zero-order valence-corrected chi connectivity index (χ0v) is 9.14. The van der Waals surface area contributed by atoms with Crippen LogP contribution in [0.15, 0.2) is 54.6 Å². The minimum atomic E-state index is 1.14. The molecule has 1 aromatic heterocycles. The maximum Gasteiger partial charge on any atom is 0.0569 e. The van der Waals surface area contributed by atoms with Gasteiger partial charge in [0.1, 0.15) is 0 Å². The van der Waals surface area contributed by atoms with E-state index in [4.69, 9.17) is 0 Å². The first-order valence-electron chi connectivity index (χ1n) is 5.38. The average molecular weight is 206 g/mol. The van der Waals surface area contributed by atoms with Crippen LogP contribution < -0.4 is 0 Å². The van der Waals surface area contributed by atoms with Crippen LogP contribution in [0.2, 0.25) is 0 Å². The fourth-order valence-corrected chi connectivity index (χ4v) is 2.07. The molecule has 0 saturated carbocycles. The normalized spacial score (nSPS) is 10.8. The number of benzene rings is 2. The Balaban J connectivity index is 2.29. The highest BCUT2D eigenvalue weighted by Gasteiger charge is 2.06. The van der Waals surface area contributed by atoms with Gasteiger partial charge < -0.3 is 4.57 Å². The SMILES string of the molecule is Cn1c(-c2ccccc2)[c]c2ccccc21. The molecule has 0 aliphatic carbocycles. The van der Waals surface area contributed by atoms with Crippen LogP contribution in [0.3, 0.4) is 0 Å². The largest absolute Gasteiger partial charge is 0.343 e. The van der Waals surface area contributed by atoms with Gasteiger partial charge in [-0.2, -0.15) is 0 Å². The minimum absolute atomic E-state index is 1.14. The minimum Gasteiger partial charge on any atom is -0.343 e. The second-order valence-electron chi connectivity index (χ2n) is 3.92. The van der Waals surface area contributed by atoms with Crippen LogP contribution in [0.4, 0.5) is 0 Å². The number of hydrogen-bond acceptors (Lipinski definition) is 0. The number of para-hydroxylation sites is 1. The molecular weight excluding hydrogens is 194 g/mol. The van der Waals surface area contributed by atoms with Crippen molar-refractivity contribution in [1.29, 1.82) is 0 Å². The third-order valence-electron chi connectivity index (χ3n) is 2.90. The number of aromatic nitrogens is 1. The van der Waals surface area contributed by atoms with Gasteiger partial charge in [0, 0.05) is 24.0 Å². The summed E-state index contributed by atoms with van der Waals surface area (Å²) in [6.45, 7) is 0. The van der Waals surface area contributed by atoms with Gasteiger partial charge in [0.15, 0.2) is 0 Å². The number of nitrogens with zero attached hydrogens (tertiary/aromatic N) is 1. The summed E-state index contributed by atoms with van der Waals surface area (Å²) in [5.74, 6) is 0. The topological polar surface area (TPSA) is 4.93 Å². The van der Waals surface area contributed by atoms with Crippen LogP contribution in [0.5, 0.6) is 0 Å². The number of rotatable bonds is 1. The van der Waals surface area contributed by atoms with E-state index in [1.54, 1.807) is 0 Å². The molecule has 1 radical (unpaired) electrons. The van der Waals surface area contributed by atoms with Crippen molar-refractivity contribution in [3.8, 4) is 11.3 Å². The Morgan fingerprint density at radius 2 is 1.56 bits per heavy atom. The number of fused-ring (bicyclic) bond motifs is 1. The summed E-state index contributed by atoms with van der Waals surface area (Å²) in [5, 5.41) is 1.17. The van der Waals surface area contributed by atoms with Crippen LogP contribution in [0, 0.1) is 6.07 Å². The molecule has 3 rings (SSSR count). The zero-order valence-electron chi connectivity index (χ0n) is 9.14. The van der Waals surface area contributed by atoms with Crippen molar-refractivity contribution in [2.45, 2.75) is 0 Å². The zero-order chi connectivity index (χ0) is 11.0. The first-order chi connectivity index (χ1) is 7.86. The smallest absolute Gasteiger partial charge is 0.0569 e. The molecule has 0 aliphatic rings. The maximum atomic E-state index is 3.44. The maximum absolute atomic E-state index is 3.44. The van der Waals surface area contributed by atoms with Crippen molar-refractivity contribution >= 4 is 10.9 Å². The second-order valence-corrected chi connectivity index (χ2v) is 3.92. The molecule has 1 heteroatoms. The summed E-state index contributed by atoms with van der Waals surface area (Å²) in [4.78, 5) is 0. The lowest BCUT2D eigenvalue weighted by atomic mass is 10.1. The molecule has 0 fully saturated rings. The highest BCUT2D eigenvalue weighted by atomic mass is 14.9. The summed E-state index contributed by atoms with van der Waals surface area (Å²) in [6.07, 6.45) is 0. The Morgan fingerprint density at radius 1 is 0.875 bits per heavy atom. The Bertz CT molecular complexity index is 620. The summed E-state index contributed by atoms with van der Waals surface area (Å²) in [5.41, 5.74) is 3.57. The highest BCUT2D eigenvalue weighted by Crippen LogP contribution is 2.25. The molecule has 77 valence electrons. The van der Waals surface area contributed by atoms with Crippen molar-refractivity contribution in [2.75, 3.05) is 0 Å². The van der Waals surface area contributed by atoms with Gasteiger partial charge in [-0.15, -0.1) is 0 Å². The van der Waals surface area contributed by atoms with E-state index in [9.17, 15) is 0 Å². The lowest BCUT2D eigenvalue weighted by Gasteiger charge is -2.03. The fraction of sp³-hybridized carbons (Fsp3) is 0.0667. The second kappa shape index (κ2) is 3.53. The van der Waals surface area contributed by atoms with Crippen LogP contribution in [0.25, 0.3) is 22.2 Å². The van der Waals surface area contributed by atoms with Crippen molar-refractivity contribution in [2.24, 2.45) is 7.05 Å². The molecule has 0 unspecified atom stereocenters. The third-order valence-corrected chi connectivity index (χ3v) is 2.90. The quantitative estimate of drug-likeness (QED) is 0.572. The Labute approximate surface area is 95.0 Å². The van der Waals surface area contributed by atoms with Crippen LogP contribution in [0.1, 0.15) is 0 Å². The van der Waals surface area contributed by atoms with Gasteiger partial charge in [-0.05, 0) is 11.6 Å². The van der Waals surface area contributed by atoms with Gasteiger partial charge >= 0.3 is 0 Å². The van der Waals surface area contributed by atoms with Crippen molar-refractivity contribution in [1.82, 2.24) is 4.57 Å². The fourth-order valence-electron chi connectivity index (χ4n) is 2.07. The standard InChI is InChI=1S/C15H12N/c1-16-14-10-6-5-9-13(14)11-15(16)12-7-3-2-4-8-12/h2-10H,1H3. The lowest BCUT2D eigenvalue weighted by Crippen LogP contribution is -1.90. The van der Waals surface area contributed by atoms with Crippen molar-refractivity contribution in [3.05, 3.63) is 60.7 Å². The monoisotopic (exact) mass is 206 g/mol. The van der Waals surface area contributed by atoms with E-state index in [0.717, 1.165) is 5.69 Å². The summed E-state index contributed by atoms with van der Waals surface area (Å²) < 4.78 is 2.19. The van der Waals surface area contributed by atoms with Gasteiger partial charge in [-0.1, -0.05) is 48.5 Å². The molecule has 3 aromatic rings. The number of aryl methyl sites for hydroxylation is 1. The van der Waals surface area contributed by atoms with E-state index < -0.39 is 0 Å². The molecule has 0 spiro atoms. The molecule has 1 nitrogen and oxygen atoms in total. The predicted octanol–water partition coefficient (Wildman–Crippen LogP) is 3.65. The van der Waals surface area contributed by atoms with E-state index in [0.29, 0.717) is 0 Å². The van der Waals surface area contributed by atoms with Gasteiger partial charge in [-0.25, -0.2) is 0 Å². The van der Waals surface area contributed by atoms with Crippen molar-refractivity contribution < 1.29 is 0 Å². The molecule has 0 saturated heterocycles. The van der Waals surface area contributed by atoms with Crippen molar-refractivity contribution in [3.63, 3.8) is 0 Å². The Kier molecular flexibility index (Phi) is 2.03. The Morgan fingerprint density at radius 3 is 2.31 bits per heavy atom. The predicted molar refractivity (Wildman–Crippen MR) is 67.2 cm³/mol. The van der Waals surface area contributed by atoms with Crippen LogP contribution >= 0.6 is 0 Å². The molecule has 0 aliphatic heterocycles. The molecular formula is C15H12N. The Hall–Kier alpha value is -2.02. The molecule has 0 atom stereocenters. The molecule has 0 amide bonds. The van der Waals surface area contributed by atoms with Crippen LogP contribution in [-0.2, 0) is 7.05 Å². The molecule has 0 bridgehead atoms. The van der Waals surface area contributed by atoms with E-state index in [2.05, 4.69) is 60.1 Å². The summed E-state index contributed by atoms with van der Waals surface area (Å²) in [7, 11) is 2.08. The van der Waals surface area contributed by atoms with Gasteiger partial charge in [0.2, 0.25) is 0 Å².